The van der Waals surface area contributed by atoms with Crippen LogP contribution in [-0.4, -0.2) is 54.2 Å². The van der Waals surface area contributed by atoms with Crippen molar-refractivity contribution in [1.29, 1.82) is 0 Å². The number of carbonyl (C=O) groups is 2. The average molecular weight is 543 g/mol. The first-order valence-electron chi connectivity index (χ1n) is 12.4. The van der Waals surface area contributed by atoms with E-state index in [4.69, 9.17) is 9.84 Å². The van der Waals surface area contributed by atoms with Crippen molar-refractivity contribution in [2.75, 3.05) is 37.5 Å². The van der Waals surface area contributed by atoms with Gasteiger partial charge in [-0.3, -0.25) is 14.5 Å². The molecular formula is C28H32F2N4O3S. The molecule has 0 aliphatic carbocycles. The first-order chi connectivity index (χ1) is 18.1. The monoisotopic (exact) mass is 542 g/mol. The Kier molecular flexibility index (Phi) is 8.52. The van der Waals surface area contributed by atoms with Crippen LogP contribution in [0.2, 0.25) is 0 Å². The number of fused-ring (bicyclic) bond motifs is 1. The van der Waals surface area contributed by atoms with Crippen LogP contribution in [0.1, 0.15) is 49.3 Å². The minimum atomic E-state index is -0.455. The van der Waals surface area contributed by atoms with Gasteiger partial charge in [-0.15, -0.1) is 11.8 Å². The van der Waals surface area contributed by atoms with Gasteiger partial charge < -0.3 is 10.1 Å². The highest BCUT2D eigenvalue weighted by Crippen LogP contribution is 2.48. The molecule has 0 bridgehead atoms. The van der Waals surface area contributed by atoms with Crippen molar-refractivity contribution in [3.8, 4) is 5.69 Å². The summed E-state index contributed by atoms with van der Waals surface area (Å²) < 4.78 is 34.8. The first-order valence-corrected chi connectivity index (χ1v) is 13.5. The Morgan fingerprint density at radius 1 is 1.16 bits per heavy atom. The summed E-state index contributed by atoms with van der Waals surface area (Å²) >= 11 is 1.37. The second-order valence-electron chi connectivity index (χ2n) is 10.1. The van der Waals surface area contributed by atoms with Gasteiger partial charge in [0.15, 0.2) is 0 Å². The normalized spacial score (nSPS) is 15.8. The van der Waals surface area contributed by atoms with Crippen molar-refractivity contribution in [2.24, 2.45) is 0 Å². The van der Waals surface area contributed by atoms with Gasteiger partial charge in [-0.25, -0.2) is 13.5 Å². The molecule has 0 saturated carbocycles. The molecule has 1 aromatic heterocycles. The number of benzene rings is 2. The smallest absolute Gasteiger partial charge is 0.240 e. The zero-order valence-corrected chi connectivity index (χ0v) is 22.8. The van der Waals surface area contributed by atoms with Gasteiger partial charge in [0.25, 0.3) is 0 Å². The molecule has 1 aliphatic heterocycles. The molecule has 3 aromatic rings. The number of hydrogen-bond donors (Lipinski definition) is 1. The van der Waals surface area contributed by atoms with Crippen LogP contribution in [0.4, 0.5) is 14.6 Å². The summed E-state index contributed by atoms with van der Waals surface area (Å²) in [4.78, 5) is 28.0. The molecule has 0 spiro atoms. The number of methoxy groups -OCH3 is 1. The molecule has 10 heteroatoms. The number of aromatic nitrogens is 2. The molecule has 38 heavy (non-hydrogen) atoms. The van der Waals surface area contributed by atoms with E-state index in [1.807, 2.05) is 26.8 Å². The van der Waals surface area contributed by atoms with Crippen molar-refractivity contribution in [3.63, 3.8) is 0 Å². The van der Waals surface area contributed by atoms with Crippen LogP contribution in [0.3, 0.4) is 0 Å². The number of hydrogen-bond acceptors (Lipinski definition) is 5. The van der Waals surface area contributed by atoms with Gasteiger partial charge in [0, 0.05) is 31.2 Å². The van der Waals surface area contributed by atoms with E-state index in [2.05, 4.69) is 5.32 Å². The molecular weight excluding hydrogens is 510 g/mol. The van der Waals surface area contributed by atoms with Gasteiger partial charge in [0.1, 0.15) is 24.0 Å². The third kappa shape index (κ3) is 6.07. The van der Waals surface area contributed by atoms with Gasteiger partial charge in [-0.05, 0) is 48.4 Å². The van der Waals surface area contributed by atoms with Crippen LogP contribution in [0.15, 0.2) is 48.5 Å². The maximum absolute atomic E-state index is 14.3. The molecule has 202 valence electrons. The van der Waals surface area contributed by atoms with E-state index in [0.29, 0.717) is 42.3 Å². The topological polar surface area (TPSA) is 76.5 Å². The summed E-state index contributed by atoms with van der Waals surface area (Å²) in [5, 5.41) is 7.35. The number of halogens is 2. The fourth-order valence-electron chi connectivity index (χ4n) is 4.41. The van der Waals surface area contributed by atoms with E-state index in [9.17, 15) is 18.4 Å². The number of nitrogens with zero attached hydrogens (tertiary/aromatic N) is 3. The average Bonchev–Trinajstić information content (AvgIpc) is 3.20. The van der Waals surface area contributed by atoms with Crippen LogP contribution in [0.5, 0.6) is 0 Å². The highest BCUT2D eigenvalue weighted by molar-refractivity contribution is 8.00. The predicted molar refractivity (Wildman–Crippen MR) is 145 cm³/mol. The van der Waals surface area contributed by atoms with Crippen molar-refractivity contribution in [3.05, 3.63) is 77.0 Å². The Morgan fingerprint density at radius 3 is 2.55 bits per heavy atom. The quantitative estimate of drug-likeness (QED) is 0.415. The summed E-state index contributed by atoms with van der Waals surface area (Å²) in [6, 6.07) is 12.1. The minimum absolute atomic E-state index is 0.0832. The molecule has 1 N–H and O–H groups in total. The van der Waals surface area contributed by atoms with Gasteiger partial charge in [0.05, 0.1) is 22.4 Å². The van der Waals surface area contributed by atoms with E-state index in [0.717, 1.165) is 5.56 Å². The van der Waals surface area contributed by atoms with E-state index < -0.39 is 16.5 Å². The fourth-order valence-corrected chi connectivity index (χ4v) is 5.60. The molecule has 1 aliphatic rings. The molecule has 0 unspecified atom stereocenters. The van der Waals surface area contributed by atoms with Crippen molar-refractivity contribution < 1.29 is 23.1 Å². The molecule has 7 nitrogen and oxygen atoms in total. The molecule has 0 fully saturated rings. The van der Waals surface area contributed by atoms with E-state index in [1.54, 1.807) is 30.0 Å². The van der Waals surface area contributed by atoms with Crippen molar-refractivity contribution >= 4 is 29.4 Å². The summed E-state index contributed by atoms with van der Waals surface area (Å²) in [6.45, 7) is 6.73. The number of ether oxygens (including phenoxy) is 1. The molecule has 4 rings (SSSR count). The lowest BCUT2D eigenvalue weighted by molar-refractivity contribution is -0.122. The Balaban J connectivity index is 1.90. The van der Waals surface area contributed by atoms with Crippen LogP contribution in [0, 0.1) is 11.6 Å². The molecule has 2 heterocycles. The third-order valence-corrected chi connectivity index (χ3v) is 7.43. The molecule has 1 atom stereocenters. The Bertz CT molecular complexity index is 1300. The van der Waals surface area contributed by atoms with E-state index >= 15 is 0 Å². The van der Waals surface area contributed by atoms with Crippen molar-refractivity contribution in [1.82, 2.24) is 15.1 Å². The zero-order valence-electron chi connectivity index (χ0n) is 22.0. The highest BCUT2D eigenvalue weighted by atomic mass is 32.2. The first kappa shape index (κ1) is 27.8. The Hall–Kier alpha value is -3.24. The Morgan fingerprint density at radius 2 is 1.89 bits per heavy atom. The number of carbonyl (C=O) groups excluding carboxylic acids is 2. The fraction of sp³-hybridized carbons (Fsp3) is 0.393. The number of nitrogens with one attached hydrogen (secondary N) is 1. The summed E-state index contributed by atoms with van der Waals surface area (Å²) in [5.74, 6) is -0.863. The van der Waals surface area contributed by atoms with Crippen molar-refractivity contribution in [2.45, 2.75) is 37.9 Å². The lowest BCUT2D eigenvalue weighted by Gasteiger charge is -2.24. The maximum Gasteiger partial charge on any atom is 0.240 e. The van der Waals surface area contributed by atoms with Gasteiger partial charge >= 0.3 is 0 Å². The number of amides is 2. The third-order valence-electron chi connectivity index (χ3n) is 6.17. The van der Waals surface area contributed by atoms with Crippen LogP contribution < -0.4 is 10.2 Å². The largest absolute Gasteiger partial charge is 0.385 e. The molecule has 2 aromatic carbocycles. The summed E-state index contributed by atoms with van der Waals surface area (Å²) in [5.41, 5.74) is 2.22. The van der Waals surface area contributed by atoms with E-state index in [-0.39, 0.29) is 29.9 Å². The van der Waals surface area contributed by atoms with Gasteiger partial charge in [0.2, 0.25) is 11.8 Å². The lowest BCUT2D eigenvalue weighted by Crippen LogP contribution is -2.42. The zero-order chi connectivity index (χ0) is 27.4. The number of thioether (sulfide) groups is 1. The molecule has 0 saturated heterocycles. The van der Waals surface area contributed by atoms with Gasteiger partial charge in [-0.2, -0.15) is 5.10 Å². The summed E-state index contributed by atoms with van der Waals surface area (Å²) in [6.07, 6.45) is 0.640. The van der Waals surface area contributed by atoms with Gasteiger partial charge in [-0.1, -0.05) is 32.9 Å². The number of anilines is 1. The standard InChI is InChI=1S/C28H32F2N4O3S/c1-28(2,3)26-24-25(18-7-5-8-20(30)15-18)38-17-23(36)33(16-22(35)31-13-6-14-37-4)27(24)34(32-26)21-11-9-19(29)10-12-21/h5,7-12,15,25H,6,13-14,16-17H2,1-4H3,(H,31,35)/t25-/m0/s1. The Labute approximate surface area is 225 Å². The number of rotatable bonds is 8. The SMILES string of the molecule is COCCCNC(=O)CN1C(=O)CS[C@@H](c2cccc(F)c2)c2c(C(C)(C)C)nn(-c3ccc(F)cc3)c21. The second kappa shape index (κ2) is 11.7. The highest BCUT2D eigenvalue weighted by Gasteiger charge is 2.40. The molecule has 0 radical (unpaired) electrons. The van der Waals surface area contributed by atoms with Crippen LogP contribution in [-0.2, 0) is 19.7 Å². The van der Waals surface area contributed by atoms with Crippen LogP contribution >= 0.6 is 11.8 Å². The van der Waals surface area contributed by atoms with E-state index in [1.165, 1.54) is 40.9 Å². The minimum Gasteiger partial charge on any atom is -0.385 e. The lowest BCUT2D eigenvalue weighted by atomic mass is 9.87. The predicted octanol–water partition coefficient (Wildman–Crippen LogP) is 4.77. The summed E-state index contributed by atoms with van der Waals surface area (Å²) in [7, 11) is 1.59. The second-order valence-corrected chi connectivity index (χ2v) is 11.2. The molecule has 2 amide bonds. The van der Waals surface area contributed by atoms with Crippen LogP contribution in [0.25, 0.3) is 5.69 Å². The maximum atomic E-state index is 14.3.